The average Bonchev–Trinajstić information content (AvgIpc) is 2.53. The highest BCUT2D eigenvalue weighted by Crippen LogP contribution is 2.56. The zero-order chi connectivity index (χ0) is 17.3. The monoisotopic (exact) mass is 325 g/mol. The number of rotatable bonds is 13. The van der Waals surface area contributed by atoms with Gasteiger partial charge in [0.05, 0.1) is 0 Å². The molecular formula is C20H39NO2. The molecule has 3 nitrogen and oxygen atoms in total. The van der Waals surface area contributed by atoms with E-state index in [1.807, 2.05) is 0 Å². The number of carbonyl (C=O) groups is 1. The number of unbranched alkanes of at least 4 members (excludes halogenated alkanes) is 4. The Hall–Kier alpha value is -0.570. The molecule has 1 aliphatic rings. The van der Waals surface area contributed by atoms with E-state index in [4.69, 9.17) is 0 Å². The first kappa shape index (κ1) is 20.5. The van der Waals surface area contributed by atoms with E-state index in [0.29, 0.717) is 0 Å². The highest BCUT2D eigenvalue weighted by Gasteiger charge is 2.66. The van der Waals surface area contributed by atoms with Crippen molar-refractivity contribution in [3.63, 3.8) is 0 Å². The van der Waals surface area contributed by atoms with E-state index in [1.54, 1.807) is 0 Å². The maximum atomic E-state index is 12.5. The van der Waals surface area contributed by atoms with Crippen LogP contribution in [0.15, 0.2) is 0 Å². The Morgan fingerprint density at radius 3 is 1.78 bits per heavy atom. The Morgan fingerprint density at radius 1 is 0.870 bits per heavy atom. The number of hydrogen-bond acceptors (Lipinski definition) is 2. The van der Waals surface area contributed by atoms with Gasteiger partial charge in [0, 0.05) is 12.0 Å². The van der Waals surface area contributed by atoms with Gasteiger partial charge in [-0.05, 0) is 32.2 Å². The van der Waals surface area contributed by atoms with Crippen molar-refractivity contribution < 1.29 is 9.90 Å². The van der Waals surface area contributed by atoms with Gasteiger partial charge >= 0.3 is 5.97 Å². The third-order valence-electron chi connectivity index (χ3n) is 5.96. The molecule has 0 aromatic heterocycles. The summed E-state index contributed by atoms with van der Waals surface area (Å²) in [6, 6.07) is 0. The lowest BCUT2D eigenvalue weighted by Crippen LogP contribution is -2.77. The predicted molar refractivity (Wildman–Crippen MR) is 97.9 cm³/mol. The minimum Gasteiger partial charge on any atom is -0.480 e. The summed E-state index contributed by atoms with van der Waals surface area (Å²) in [5, 5.41) is 10.3. The number of carboxylic acids is 1. The SMILES string of the molecule is CCCCN1CC(CCCC)(CCCC)C1(CCCC)C(=O)O. The molecule has 1 N–H and O–H groups in total. The molecule has 1 saturated heterocycles. The lowest BCUT2D eigenvalue weighted by atomic mass is 9.54. The topological polar surface area (TPSA) is 40.5 Å². The van der Waals surface area contributed by atoms with Gasteiger partial charge in [-0.3, -0.25) is 9.69 Å². The summed E-state index contributed by atoms with van der Waals surface area (Å²) < 4.78 is 0. The summed E-state index contributed by atoms with van der Waals surface area (Å²) in [5.41, 5.74) is -0.587. The van der Waals surface area contributed by atoms with Crippen molar-refractivity contribution in [1.29, 1.82) is 0 Å². The van der Waals surface area contributed by atoms with E-state index in [1.165, 1.54) is 0 Å². The first-order valence-corrected chi connectivity index (χ1v) is 10.0. The van der Waals surface area contributed by atoms with E-state index in [9.17, 15) is 9.90 Å². The van der Waals surface area contributed by atoms with Crippen LogP contribution in [-0.4, -0.2) is 34.6 Å². The fourth-order valence-corrected chi connectivity index (χ4v) is 4.55. The molecule has 0 saturated carbocycles. The summed E-state index contributed by atoms with van der Waals surface area (Å²) in [6.07, 6.45) is 12.0. The molecule has 0 aromatic rings. The van der Waals surface area contributed by atoms with Crippen LogP contribution in [-0.2, 0) is 4.79 Å². The Kier molecular flexibility index (Phi) is 8.60. The highest BCUT2D eigenvalue weighted by molar-refractivity contribution is 5.82. The Labute approximate surface area is 143 Å². The van der Waals surface area contributed by atoms with Crippen LogP contribution >= 0.6 is 0 Å². The van der Waals surface area contributed by atoms with E-state index in [-0.39, 0.29) is 5.41 Å². The molecule has 0 radical (unpaired) electrons. The van der Waals surface area contributed by atoms with Gasteiger partial charge in [0.25, 0.3) is 0 Å². The van der Waals surface area contributed by atoms with E-state index in [0.717, 1.165) is 83.7 Å². The Balaban J connectivity index is 3.09. The van der Waals surface area contributed by atoms with Crippen molar-refractivity contribution in [1.82, 2.24) is 4.90 Å². The second kappa shape index (κ2) is 9.66. The second-order valence-corrected chi connectivity index (χ2v) is 7.53. The van der Waals surface area contributed by atoms with Crippen LogP contribution in [0.5, 0.6) is 0 Å². The van der Waals surface area contributed by atoms with E-state index in [2.05, 4.69) is 32.6 Å². The number of carboxylic acid groups (broad SMARTS) is 1. The summed E-state index contributed by atoms with van der Waals surface area (Å²) in [6.45, 7) is 10.8. The fraction of sp³-hybridized carbons (Fsp3) is 0.950. The average molecular weight is 326 g/mol. The first-order valence-electron chi connectivity index (χ1n) is 10.0. The van der Waals surface area contributed by atoms with Crippen molar-refractivity contribution in [2.24, 2.45) is 5.41 Å². The third-order valence-corrected chi connectivity index (χ3v) is 5.96. The van der Waals surface area contributed by atoms with Gasteiger partial charge in [-0.25, -0.2) is 0 Å². The molecule has 1 unspecified atom stereocenters. The van der Waals surface area contributed by atoms with Gasteiger partial charge < -0.3 is 5.11 Å². The van der Waals surface area contributed by atoms with Crippen LogP contribution in [0, 0.1) is 5.41 Å². The highest BCUT2D eigenvalue weighted by atomic mass is 16.4. The Morgan fingerprint density at radius 2 is 1.35 bits per heavy atom. The van der Waals surface area contributed by atoms with Crippen LogP contribution < -0.4 is 0 Å². The largest absolute Gasteiger partial charge is 0.480 e. The summed E-state index contributed by atoms with van der Waals surface area (Å²) in [7, 11) is 0. The summed E-state index contributed by atoms with van der Waals surface area (Å²) in [4.78, 5) is 14.8. The third kappa shape index (κ3) is 4.10. The smallest absolute Gasteiger partial charge is 0.324 e. The molecule has 1 fully saturated rings. The summed E-state index contributed by atoms with van der Waals surface area (Å²) >= 11 is 0. The predicted octanol–water partition coefficient (Wildman–Crippen LogP) is 5.48. The molecule has 1 aliphatic heterocycles. The number of nitrogens with zero attached hydrogens (tertiary/aromatic N) is 1. The van der Waals surface area contributed by atoms with E-state index >= 15 is 0 Å². The van der Waals surface area contributed by atoms with Crippen molar-refractivity contribution in [3.05, 3.63) is 0 Å². The molecule has 1 rings (SSSR count). The zero-order valence-electron chi connectivity index (χ0n) is 16.0. The lowest BCUT2D eigenvalue weighted by molar-refractivity contribution is -0.205. The van der Waals surface area contributed by atoms with Crippen LogP contribution in [0.1, 0.15) is 98.3 Å². The molecule has 1 heterocycles. The van der Waals surface area contributed by atoms with Crippen LogP contribution in [0.25, 0.3) is 0 Å². The van der Waals surface area contributed by atoms with Gasteiger partial charge in [0.1, 0.15) is 5.54 Å². The van der Waals surface area contributed by atoms with Crippen molar-refractivity contribution in [2.75, 3.05) is 13.1 Å². The molecule has 0 aliphatic carbocycles. The molecule has 136 valence electrons. The lowest BCUT2D eigenvalue weighted by Gasteiger charge is -2.65. The minimum absolute atomic E-state index is 0.00770. The van der Waals surface area contributed by atoms with Gasteiger partial charge in [-0.1, -0.05) is 72.6 Å². The maximum Gasteiger partial charge on any atom is 0.324 e. The van der Waals surface area contributed by atoms with Crippen molar-refractivity contribution >= 4 is 5.97 Å². The van der Waals surface area contributed by atoms with E-state index < -0.39 is 11.5 Å². The van der Waals surface area contributed by atoms with Crippen LogP contribution in [0.2, 0.25) is 0 Å². The molecule has 3 heteroatoms. The normalized spacial score (nSPS) is 23.7. The maximum absolute atomic E-state index is 12.5. The first-order chi connectivity index (χ1) is 11.0. The quantitative estimate of drug-likeness (QED) is 0.487. The van der Waals surface area contributed by atoms with Crippen molar-refractivity contribution in [2.45, 2.75) is 104 Å². The van der Waals surface area contributed by atoms with Gasteiger partial charge in [0.15, 0.2) is 0 Å². The number of hydrogen-bond donors (Lipinski definition) is 1. The standard InChI is InChI=1S/C20H39NO2/c1-5-9-13-19(14-10-6-2)17-21(16-12-8-4)20(19,18(22)23)15-11-7-3/h5-17H2,1-4H3,(H,22,23). The van der Waals surface area contributed by atoms with Gasteiger partial charge in [-0.2, -0.15) is 0 Å². The van der Waals surface area contributed by atoms with Crippen LogP contribution in [0.4, 0.5) is 0 Å². The number of likely N-dealkylation sites (tertiary alicyclic amines) is 1. The molecule has 23 heavy (non-hydrogen) atoms. The fourth-order valence-electron chi connectivity index (χ4n) is 4.55. The zero-order valence-corrected chi connectivity index (χ0v) is 16.0. The molecule has 0 bridgehead atoms. The minimum atomic E-state index is -0.595. The molecule has 1 atom stereocenters. The van der Waals surface area contributed by atoms with Gasteiger partial charge in [-0.15, -0.1) is 0 Å². The molecule has 0 amide bonds. The van der Waals surface area contributed by atoms with Gasteiger partial charge in [0.2, 0.25) is 0 Å². The number of aliphatic carboxylic acids is 1. The van der Waals surface area contributed by atoms with Crippen LogP contribution in [0.3, 0.4) is 0 Å². The Bertz CT molecular complexity index is 348. The summed E-state index contributed by atoms with van der Waals surface area (Å²) in [5.74, 6) is -0.555. The molecule has 0 aromatic carbocycles. The van der Waals surface area contributed by atoms with Crippen molar-refractivity contribution in [3.8, 4) is 0 Å². The second-order valence-electron chi connectivity index (χ2n) is 7.53. The molecular weight excluding hydrogens is 286 g/mol. The molecule has 0 spiro atoms.